The maximum absolute atomic E-state index is 9.27. The molecule has 0 aliphatic heterocycles. The Kier molecular flexibility index (Phi) is 4.81. The zero-order chi connectivity index (χ0) is 19.3. The maximum Gasteiger partial charge on any atom is 0.149 e. The highest BCUT2D eigenvalue weighted by atomic mass is 15.0. The molecular formula is C22H18N6. The summed E-state index contributed by atoms with van der Waals surface area (Å²) in [6.07, 6.45) is 3.99. The van der Waals surface area contributed by atoms with E-state index >= 15 is 0 Å². The first kappa shape index (κ1) is 17.4. The number of anilines is 2. The highest BCUT2D eigenvalue weighted by Gasteiger charge is 2.12. The van der Waals surface area contributed by atoms with Crippen LogP contribution in [0.1, 0.15) is 11.1 Å². The lowest BCUT2D eigenvalue weighted by molar-refractivity contribution is 0.993. The van der Waals surface area contributed by atoms with Gasteiger partial charge in [-0.2, -0.15) is 5.26 Å². The van der Waals surface area contributed by atoms with Crippen LogP contribution in [-0.4, -0.2) is 21.5 Å². The van der Waals surface area contributed by atoms with Crippen molar-refractivity contribution >= 4 is 22.5 Å². The molecule has 2 aromatic heterocycles. The van der Waals surface area contributed by atoms with Gasteiger partial charge in [-0.15, -0.1) is 0 Å². The first-order chi connectivity index (χ1) is 13.8. The average Bonchev–Trinajstić information content (AvgIpc) is 2.74. The standard InChI is InChI=1S/C22H18N6/c23-12-18-21(24)27-14-28-22(18)25-11-10-16-13-26-19-9-5-4-8-17(19)20(16)15-6-2-1-3-7-15/h1-9,13-14H,10-11H2,(H3,24,25,27,28). The molecule has 2 heterocycles. The number of nitrogens with zero attached hydrogens (tertiary/aromatic N) is 4. The summed E-state index contributed by atoms with van der Waals surface area (Å²) in [6, 6.07) is 20.5. The van der Waals surface area contributed by atoms with Crippen molar-refractivity contribution in [2.24, 2.45) is 0 Å². The van der Waals surface area contributed by atoms with Crippen LogP contribution in [0.25, 0.3) is 22.0 Å². The third kappa shape index (κ3) is 3.33. The molecule has 0 radical (unpaired) electrons. The predicted octanol–water partition coefficient (Wildman–Crippen LogP) is 3.80. The number of hydrogen-bond acceptors (Lipinski definition) is 6. The van der Waals surface area contributed by atoms with E-state index in [-0.39, 0.29) is 11.4 Å². The van der Waals surface area contributed by atoms with Crippen molar-refractivity contribution in [1.29, 1.82) is 5.26 Å². The number of nitrogens with two attached hydrogens (primary N) is 1. The number of fused-ring (bicyclic) bond motifs is 1. The summed E-state index contributed by atoms with van der Waals surface area (Å²) in [6.45, 7) is 0.588. The summed E-state index contributed by atoms with van der Waals surface area (Å²) in [4.78, 5) is 12.6. The van der Waals surface area contributed by atoms with Gasteiger partial charge >= 0.3 is 0 Å². The molecule has 0 unspecified atom stereocenters. The number of nitriles is 1. The number of rotatable bonds is 5. The van der Waals surface area contributed by atoms with Crippen LogP contribution in [0.3, 0.4) is 0 Å². The fourth-order valence-corrected chi connectivity index (χ4v) is 3.28. The van der Waals surface area contributed by atoms with Crippen LogP contribution in [0.15, 0.2) is 67.1 Å². The number of benzene rings is 2. The van der Waals surface area contributed by atoms with Crippen LogP contribution >= 0.6 is 0 Å². The molecule has 0 fully saturated rings. The third-order valence-electron chi connectivity index (χ3n) is 4.59. The molecule has 0 atom stereocenters. The van der Waals surface area contributed by atoms with E-state index in [4.69, 9.17) is 5.73 Å². The molecule has 0 aliphatic rings. The second-order valence-electron chi connectivity index (χ2n) is 6.31. The van der Waals surface area contributed by atoms with Crippen LogP contribution in [0.2, 0.25) is 0 Å². The molecule has 2 aromatic carbocycles. The van der Waals surface area contributed by atoms with Crippen molar-refractivity contribution < 1.29 is 0 Å². The molecule has 4 rings (SSSR count). The number of pyridine rings is 1. The lowest BCUT2D eigenvalue weighted by Crippen LogP contribution is -2.10. The van der Waals surface area contributed by atoms with Crippen molar-refractivity contribution in [3.05, 3.63) is 78.2 Å². The minimum Gasteiger partial charge on any atom is -0.382 e. The highest BCUT2D eigenvalue weighted by Crippen LogP contribution is 2.31. The van der Waals surface area contributed by atoms with E-state index in [0.29, 0.717) is 12.4 Å². The van der Waals surface area contributed by atoms with E-state index in [1.807, 2.05) is 48.7 Å². The number of nitrogen functional groups attached to an aromatic ring is 1. The van der Waals surface area contributed by atoms with Crippen molar-refractivity contribution in [3.63, 3.8) is 0 Å². The normalized spacial score (nSPS) is 10.5. The number of hydrogen-bond donors (Lipinski definition) is 2. The molecule has 28 heavy (non-hydrogen) atoms. The number of para-hydroxylation sites is 1. The second-order valence-corrected chi connectivity index (χ2v) is 6.31. The van der Waals surface area contributed by atoms with Gasteiger partial charge in [0.15, 0.2) is 0 Å². The Morgan fingerprint density at radius 2 is 1.75 bits per heavy atom. The van der Waals surface area contributed by atoms with Gasteiger partial charge in [0, 0.05) is 18.1 Å². The SMILES string of the molecule is N#Cc1c(N)ncnc1NCCc1cnc2ccccc2c1-c1ccccc1. The summed E-state index contributed by atoms with van der Waals surface area (Å²) in [5, 5.41) is 13.6. The summed E-state index contributed by atoms with van der Waals surface area (Å²) in [7, 11) is 0. The van der Waals surface area contributed by atoms with Crippen molar-refractivity contribution in [2.45, 2.75) is 6.42 Å². The van der Waals surface area contributed by atoms with Gasteiger partial charge in [-0.1, -0.05) is 48.5 Å². The van der Waals surface area contributed by atoms with E-state index in [2.05, 4.69) is 38.5 Å². The first-order valence-electron chi connectivity index (χ1n) is 8.94. The summed E-state index contributed by atoms with van der Waals surface area (Å²) < 4.78 is 0. The Morgan fingerprint density at radius 1 is 0.964 bits per heavy atom. The fraction of sp³-hybridized carbons (Fsp3) is 0.0909. The smallest absolute Gasteiger partial charge is 0.149 e. The number of aromatic nitrogens is 3. The molecule has 0 saturated carbocycles. The molecule has 0 saturated heterocycles. The summed E-state index contributed by atoms with van der Waals surface area (Å²) in [5.74, 6) is 0.627. The Labute approximate surface area is 162 Å². The van der Waals surface area contributed by atoms with E-state index in [0.717, 1.165) is 28.5 Å². The maximum atomic E-state index is 9.27. The molecule has 6 nitrogen and oxygen atoms in total. The predicted molar refractivity (Wildman–Crippen MR) is 111 cm³/mol. The highest BCUT2D eigenvalue weighted by molar-refractivity contribution is 5.96. The van der Waals surface area contributed by atoms with Gasteiger partial charge in [0.1, 0.15) is 29.6 Å². The zero-order valence-electron chi connectivity index (χ0n) is 15.1. The fourth-order valence-electron chi connectivity index (χ4n) is 3.28. The molecular weight excluding hydrogens is 348 g/mol. The van der Waals surface area contributed by atoms with Gasteiger partial charge in [-0.25, -0.2) is 9.97 Å². The molecule has 136 valence electrons. The zero-order valence-corrected chi connectivity index (χ0v) is 15.1. The van der Waals surface area contributed by atoms with Crippen molar-refractivity contribution in [1.82, 2.24) is 15.0 Å². The quantitative estimate of drug-likeness (QED) is 0.557. The summed E-state index contributed by atoms with van der Waals surface area (Å²) in [5.41, 5.74) is 10.4. The van der Waals surface area contributed by atoms with E-state index in [9.17, 15) is 5.26 Å². The van der Waals surface area contributed by atoms with Crippen LogP contribution < -0.4 is 11.1 Å². The van der Waals surface area contributed by atoms with E-state index in [1.54, 1.807) is 0 Å². The topological polar surface area (TPSA) is 101 Å². The number of nitrogens with one attached hydrogen (secondary N) is 1. The van der Waals surface area contributed by atoms with Gasteiger partial charge in [-0.05, 0) is 29.2 Å². The minimum absolute atomic E-state index is 0.178. The van der Waals surface area contributed by atoms with Crippen LogP contribution in [0.5, 0.6) is 0 Å². The van der Waals surface area contributed by atoms with Crippen LogP contribution in [0.4, 0.5) is 11.6 Å². The molecule has 0 aliphatic carbocycles. The van der Waals surface area contributed by atoms with Crippen LogP contribution in [0, 0.1) is 11.3 Å². The first-order valence-corrected chi connectivity index (χ1v) is 8.94. The Balaban J connectivity index is 1.67. The lowest BCUT2D eigenvalue weighted by Gasteiger charge is -2.14. The van der Waals surface area contributed by atoms with E-state index < -0.39 is 0 Å². The molecule has 3 N–H and O–H groups in total. The van der Waals surface area contributed by atoms with Crippen molar-refractivity contribution in [3.8, 4) is 17.2 Å². The Bertz CT molecular complexity index is 1160. The van der Waals surface area contributed by atoms with Gasteiger partial charge in [0.2, 0.25) is 0 Å². The molecule has 6 heteroatoms. The minimum atomic E-state index is 0.178. The van der Waals surface area contributed by atoms with Gasteiger partial charge in [-0.3, -0.25) is 4.98 Å². The second kappa shape index (κ2) is 7.72. The van der Waals surface area contributed by atoms with Crippen LogP contribution in [-0.2, 0) is 6.42 Å². The Morgan fingerprint density at radius 3 is 2.57 bits per heavy atom. The van der Waals surface area contributed by atoms with Crippen molar-refractivity contribution in [2.75, 3.05) is 17.6 Å². The van der Waals surface area contributed by atoms with Gasteiger partial charge in [0.25, 0.3) is 0 Å². The Hall–Kier alpha value is -3.98. The molecule has 0 bridgehead atoms. The largest absolute Gasteiger partial charge is 0.382 e. The molecule has 0 amide bonds. The lowest BCUT2D eigenvalue weighted by atomic mass is 9.95. The van der Waals surface area contributed by atoms with Gasteiger partial charge < -0.3 is 11.1 Å². The van der Waals surface area contributed by atoms with Gasteiger partial charge in [0.05, 0.1) is 5.52 Å². The molecule has 0 spiro atoms. The van der Waals surface area contributed by atoms with E-state index in [1.165, 1.54) is 11.9 Å². The molecule has 4 aromatic rings. The monoisotopic (exact) mass is 366 g/mol. The average molecular weight is 366 g/mol. The third-order valence-corrected chi connectivity index (χ3v) is 4.59. The summed E-state index contributed by atoms with van der Waals surface area (Å²) >= 11 is 0.